The summed E-state index contributed by atoms with van der Waals surface area (Å²) < 4.78 is 0. The summed E-state index contributed by atoms with van der Waals surface area (Å²) in [5.41, 5.74) is 7.43. The highest BCUT2D eigenvalue weighted by Gasteiger charge is 2.14. The van der Waals surface area contributed by atoms with Gasteiger partial charge in [-0.15, -0.1) is 11.3 Å². The normalized spacial score (nSPS) is 11.5. The highest BCUT2D eigenvalue weighted by atomic mass is 32.1. The molecule has 2 rings (SSSR count). The Morgan fingerprint density at radius 3 is 2.39 bits per heavy atom. The third-order valence-electron chi connectivity index (χ3n) is 2.87. The van der Waals surface area contributed by atoms with Gasteiger partial charge >= 0.3 is 0 Å². The zero-order chi connectivity index (χ0) is 13.2. The predicted molar refractivity (Wildman–Crippen MR) is 76.0 cm³/mol. The lowest BCUT2D eigenvalue weighted by molar-refractivity contribution is 0.0994. The van der Waals surface area contributed by atoms with Crippen LogP contribution in [0.3, 0.4) is 0 Å². The number of thiophene rings is 1. The third-order valence-corrected chi connectivity index (χ3v) is 3.74. The van der Waals surface area contributed by atoms with Crippen molar-refractivity contribution in [1.82, 2.24) is 0 Å². The molecule has 3 heteroatoms. The maximum atomic E-state index is 12.0. The maximum absolute atomic E-state index is 12.0. The number of hydrogen-bond donors (Lipinski definition) is 1. The Labute approximate surface area is 111 Å². The van der Waals surface area contributed by atoms with Crippen molar-refractivity contribution >= 4 is 17.1 Å². The molecule has 0 unspecified atom stereocenters. The summed E-state index contributed by atoms with van der Waals surface area (Å²) >= 11 is 1.61. The second kappa shape index (κ2) is 5.04. The molecule has 2 N–H and O–H groups in total. The van der Waals surface area contributed by atoms with Gasteiger partial charge < -0.3 is 5.73 Å². The van der Waals surface area contributed by atoms with E-state index in [4.69, 9.17) is 5.73 Å². The summed E-state index contributed by atoms with van der Waals surface area (Å²) in [5, 5.41) is 1.99. The Bertz CT molecular complexity index is 521. The Morgan fingerprint density at radius 2 is 1.89 bits per heavy atom. The molecular weight excluding hydrogens is 242 g/mol. The minimum absolute atomic E-state index is 0.152. The molecule has 0 aliphatic carbocycles. The van der Waals surface area contributed by atoms with Gasteiger partial charge in [-0.2, -0.15) is 0 Å². The molecule has 0 bridgehead atoms. The minimum atomic E-state index is -0.366. The first kappa shape index (κ1) is 13.0. The average Bonchev–Trinajstić information content (AvgIpc) is 2.81. The molecule has 94 valence electrons. The number of rotatable bonds is 4. The standard InChI is InChI=1S/C15H17NOS/c1-15(2,16)12-7-5-11(6-8-12)14(17)10-13-4-3-9-18-13/h3-9H,10,16H2,1-2H3. The monoisotopic (exact) mass is 259 g/mol. The first-order valence-electron chi connectivity index (χ1n) is 5.92. The van der Waals surface area contributed by atoms with Crippen LogP contribution in [0.4, 0.5) is 0 Å². The van der Waals surface area contributed by atoms with E-state index >= 15 is 0 Å². The van der Waals surface area contributed by atoms with Crippen LogP contribution in [-0.4, -0.2) is 5.78 Å². The molecule has 0 spiro atoms. The highest BCUT2D eigenvalue weighted by molar-refractivity contribution is 7.10. The van der Waals surface area contributed by atoms with E-state index in [1.165, 1.54) is 0 Å². The molecular formula is C15H17NOS. The van der Waals surface area contributed by atoms with Crippen LogP contribution in [0, 0.1) is 0 Å². The smallest absolute Gasteiger partial charge is 0.168 e. The molecule has 18 heavy (non-hydrogen) atoms. The van der Waals surface area contributed by atoms with Crippen molar-refractivity contribution in [3.63, 3.8) is 0 Å². The molecule has 0 atom stereocenters. The van der Waals surface area contributed by atoms with Crippen LogP contribution in [0.1, 0.15) is 34.6 Å². The lowest BCUT2D eigenvalue weighted by Gasteiger charge is -2.19. The molecule has 0 saturated carbocycles. The van der Waals surface area contributed by atoms with Crippen LogP contribution in [-0.2, 0) is 12.0 Å². The van der Waals surface area contributed by atoms with Crippen molar-refractivity contribution < 1.29 is 4.79 Å². The minimum Gasteiger partial charge on any atom is -0.322 e. The molecule has 0 aliphatic heterocycles. The van der Waals surface area contributed by atoms with Gasteiger partial charge in [0, 0.05) is 22.4 Å². The molecule has 2 aromatic rings. The zero-order valence-electron chi connectivity index (χ0n) is 10.6. The van der Waals surface area contributed by atoms with Gasteiger partial charge in [0.15, 0.2) is 5.78 Å². The summed E-state index contributed by atoms with van der Waals surface area (Å²) in [6.07, 6.45) is 0.475. The number of nitrogens with two attached hydrogens (primary N) is 1. The largest absolute Gasteiger partial charge is 0.322 e. The van der Waals surface area contributed by atoms with Crippen molar-refractivity contribution in [2.24, 2.45) is 5.73 Å². The molecule has 0 radical (unpaired) electrons. The molecule has 1 aromatic heterocycles. The lowest BCUT2D eigenvalue weighted by Crippen LogP contribution is -2.28. The van der Waals surface area contributed by atoms with E-state index in [-0.39, 0.29) is 11.3 Å². The van der Waals surface area contributed by atoms with Gasteiger partial charge in [0.1, 0.15) is 0 Å². The van der Waals surface area contributed by atoms with Gasteiger partial charge in [0.25, 0.3) is 0 Å². The number of benzene rings is 1. The van der Waals surface area contributed by atoms with Gasteiger partial charge in [-0.05, 0) is 30.9 Å². The Hall–Kier alpha value is -1.45. The molecule has 1 heterocycles. The fourth-order valence-corrected chi connectivity index (χ4v) is 2.46. The zero-order valence-corrected chi connectivity index (χ0v) is 11.5. The van der Waals surface area contributed by atoms with Crippen molar-refractivity contribution in [3.8, 4) is 0 Å². The molecule has 2 nitrogen and oxygen atoms in total. The SMILES string of the molecule is CC(C)(N)c1ccc(C(=O)Cc2cccs2)cc1. The van der Waals surface area contributed by atoms with E-state index in [2.05, 4.69) is 0 Å². The lowest BCUT2D eigenvalue weighted by atomic mass is 9.94. The predicted octanol–water partition coefficient (Wildman–Crippen LogP) is 3.37. The summed E-state index contributed by atoms with van der Waals surface area (Å²) in [4.78, 5) is 13.1. The van der Waals surface area contributed by atoms with E-state index in [0.717, 1.165) is 16.0 Å². The number of carbonyl (C=O) groups is 1. The summed E-state index contributed by atoms with van der Waals surface area (Å²) in [7, 11) is 0. The molecule has 0 amide bonds. The average molecular weight is 259 g/mol. The topological polar surface area (TPSA) is 43.1 Å². The van der Waals surface area contributed by atoms with Crippen LogP contribution in [0.15, 0.2) is 41.8 Å². The Balaban J connectivity index is 2.12. The van der Waals surface area contributed by atoms with Crippen LogP contribution in [0.2, 0.25) is 0 Å². The summed E-state index contributed by atoms with van der Waals surface area (Å²) in [6.45, 7) is 3.91. The number of Topliss-reactive ketones (excluding diaryl/α,β-unsaturated/α-hetero) is 1. The van der Waals surface area contributed by atoms with Crippen molar-refractivity contribution in [2.45, 2.75) is 25.8 Å². The van der Waals surface area contributed by atoms with Crippen LogP contribution >= 0.6 is 11.3 Å². The van der Waals surface area contributed by atoms with Crippen molar-refractivity contribution in [3.05, 3.63) is 57.8 Å². The summed E-state index contributed by atoms with van der Waals surface area (Å²) in [6, 6.07) is 11.5. The first-order chi connectivity index (χ1) is 8.47. The van der Waals surface area contributed by atoms with E-state index in [1.54, 1.807) is 11.3 Å². The number of hydrogen-bond acceptors (Lipinski definition) is 3. The van der Waals surface area contributed by atoms with Gasteiger partial charge in [0.2, 0.25) is 0 Å². The fraction of sp³-hybridized carbons (Fsp3) is 0.267. The van der Waals surface area contributed by atoms with Crippen LogP contribution < -0.4 is 5.73 Å². The molecule has 0 saturated heterocycles. The third kappa shape index (κ3) is 3.06. The van der Waals surface area contributed by atoms with Crippen molar-refractivity contribution in [2.75, 3.05) is 0 Å². The quantitative estimate of drug-likeness (QED) is 0.855. The van der Waals surface area contributed by atoms with Gasteiger partial charge in [0.05, 0.1) is 0 Å². The van der Waals surface area contributed by atoms with E-state index in [9.17, 15) is 4.79 Å². The van der Waals surface area contributed by atoms with Gasteiger partial charge in [-0.25, -0.2) is 0 Å². The second-order valence-electron chi connectivity index (χ2n) is 4.98. The number of ketones is 1. The van der Waals surface area contributed by atoms with E-state index in [0.29, 0.717) is 6.42 Å². The maximum Gasteiger partial charge on any atom is 0.168 e. The molecule has 0 aliphatic rings. The van der Waals surface area contributed by atoms with E-state index < -0.39 is 0 Å². The highest BCUT2D eigenvalue weighted by Crippen LogP contribution is 2.18. The van der Waals surface area contributed by atoms with Crippen molar-refractivity contribution in [1.29, 1.82) is 0 Å². The first-order valence-corrected chi connectivity index (χ1v) is 6.80. The van der Waals surface area contributed by atoms with Crippen LogP contribution in [0.25, 0.3) is 0 Å². The Morgan fingerprint density at radius 1 is 1.22 bits per heavy atom. The fourth-order valence-electron chi connectivity index (χ4n) is 1.76. The Kier molecular flexibility index (Phi) is 3.64. The van der Waals surface area contributed by atoms with Gasteiger partial charge in [-0.3, -0.25) is 4.79 Å². The molecule has 1 aromatic carbocycles. The summed E-state index contributed by atoms with van der Waals surface area (Å²) in [5.74, 6) is 0.152. The van der Waals surface area contributed by atoms with E-state index in [1.807, 2.05) is 55.6 Å². The molecule has 0 fully saturated rings. The number of carbonyl (C=O) groups excluding carboxylic acids is 1. The van der Waals surface area contributed by atoms with Gasteiger partial charge in [-0.1, -0.05) is 30.3 Å². The van der Waals surface area contributed by atoms with Crippen LogP contribution in [0.5, 0.6) is 0 Å². The second-order valence-corrected chi connectivity index (χ2v) is 6.01.